The monoisotopic (exact) mass is 431 g/mol. The van der Waals surface area contributed by atoms with Crippen LogP contribution < -0.4 is 5.32 Å². The molecule has 0 aliphatic carbocycles. The lowest BCUT2D eigenvalue weighted by atomic mass is 9.96. The molecule has 31 heavy (non-hydrogen) atoms. The maximum atomic E-state index is 12.2. The number of hydrogen-bond acceptors (Lipinski definition) is 4. The van der Waals surface area contributed by atoms with Crippen LogP contribution >= 0.6 is 12.2 Å². The van der Waals surface area contributed by atoms with Crippen molar-refractivity contribution in [1.29, 1.82) is 0 Å². The first-order chi connectivity index (χ1) is 15.2. The predicted octanol–water partition coefficient (Wildman–Crippen LogP) is 4.10. The molecule has 1 amide bonds. The van der Waals surface area contributed by atoms with Gasteiger partial charge in [0.1, 0.15) is 5.76 Å². The van der Waals surface area contributed by atoms with Crippen LogP contribution in [0.1, 0.15) is 22.9 Å². The number of thiocarbonyl (C=S) groups is 1. The van der Waals surface area contributed by atoms with Gasteiger partial charge in [-0.2, -0.15) is 0 Å². The van der Waals surface area contributed by atoms with Crippen LogP contribution in [-0.4, -0.2) is 47.0 Å². The third-order valence-corrected chi connectivity index (χ3v) is 5.73. The van der Waals surface area contributed by atoms with Crippen molar-refractivity contribution in [2.24, 2.45) is 0 Å². The molecule has 5 nitrogen and oxygen atoms in total. The number of amides is 1. The van der Waals surface area contributed by atoms with Crippen LogP contribution in [0.2, 0.25) is 0 Å². The van der Waals surface area contributed by atoms with Crippen molar-refractivity contribution in [3.63, 3.8) is 0 Å². The summed E-state index contributed by atoms with van der Waals surface area (Å²) in [7, 11) is 0. The number of furan rings is 1. The highest BCUT2D eigenvalue weighted by Crippen LogP contribution is 2.29. The molecule has 0 saturated carbocycles. The topological polar surface area (TPSA) is 48.7 Å². The fourth-order valence-corrected chi connectivity index (χ4v) is 4.12. The number of carbonyl (C=O) groups excluding carboxylic acids is 1. The summed E-state index contributed by atoms with van der Waals surface area (Å²) in [5.41, 5.74) is 2.56. The van der Waals surface area contributed by atoms with Gasteiger partial charge in [-0.05, 0) is 41.6 Å². The van der Waals surface area contributed by atoms with E-state index in [2.05, 4.69) is 63.6 Å². The summed E-state index contributed by atoms with van der Waals surface area (Å²) >= 11 is 5.47. The molecular formula is C25H25N3O2S. The highest BCUT2D eigenvalue weighted by atomic mass is 32.1. The van der Waals surface area contributed by atoms with E-state index in [9.17, 15) is 4.79 Å². The van der Waals surface area contributed by atoms with E-state index in [0.29, 0.717) is 10.9 Å². The molecule has 0 unspecified atom stereocenters. The quantitative estimate of drug-likeness (QED) is 0.487. The third kappa shape index (κ3) is 5.48. The summed E-state index contributed by atoms with van der Waals surface area (Å²) < 4.78 is 5.20. The summed E-state index contributed by atoms with van der Waals surface area (Å²) in [4.78, 5) is 16.7. The number of rotatable bonds is 5. The van der Waals surface area contributed by atoms with Gasteiger partial charge in [0, 0.05) is 32.3 Å². The molecule has 4 rings (SSSR count). The second kappa shape index (κ2) is 10.2. The van der Waals surface area contributed by atoms with Gasteiger partial charge < -0.3 is 9.32 Å². The molecule has 2 aromatic carbocycles. The van der Waals surface area contributed by atoms with Crippen LogP contribution in [0.4, 0.5) is 0 Å². The highest BCUT2D eigenvalue weighted by Gasteiger charge is 2.27. The Morgan fingerprint density at radius 1 is 0.903 bits per heavy atom. The van der Waals surface area contributed by atoms with Gasteiger partial charge in [-0.25, -0.2) is 0 Å². The van der Waals surface area contributed by atoms with E-state index in [4.69, 9.17) is 16.6 Å². The van der Waals surface area contributed by atoms with Crippen LogP contribution in [0.3, 0.4) is 0 Å². The van der Waals surface area contributed by atoms with Gasteiger partial charge in [0.05, 0.1) is 12.3 Å². The van der Waals surface area contributed by atoms with Crippen LogP contribution in [0.15, 0.2) is 89.6 Å². The van der Waals surface area contributed by atoms with Crippen LogP contribution in [0.25, 0.3) is 6.08 Å². The average Bonchev–Trinajstić information content (AvgIpc) is 3.34. The second-order valence-corrected chi connectivity index (χ2v) is 7.78. The first-order valence-electron chi connectivity index (χ1n) is 10.4. The molecule has 2 heterocycles. The number of benzene rings is 2. The molecule has 0 radical (unpaired) electrons. The maximum Gasteiger partial charge on any atom is 0.250 e. The number of nitrogens with one attached hydrogen (secondary N) is 1. The normalized spacial score (nSPS) is 14.8. The van der Waals surface area contributed by atoms with E-state index in [-0.39, 0.29) is 11.9 Å². The van der Waals surface area contributed by atoms with Gasteiger partial charge in [-0.1, -0.05) is 60.7 Å². The van der Waals surface area contributed by atoms with Gasteiger partial charge in [-0.3, -0.25) is 15.0 Å². The van der Waals surface area contributed by atoms with Crippen LogP contribution in [0.5, 0.6) is 0 Å². The molecule has 1 aliphatic rings. The number of carbonyl (C=O) groups is 1. The minimum absolute atomic E-state index is 0.198. The molecule has 158 valence electrons. The van der Waals surface area contributed by atoms with E-state index >= 15 is 0 Å². The zero-order valence-electron chi connectivity index (χ0n) is 17.2. The molecule has 0 spiro atoms. The van der Waals surface area contributed by atoms with Crippen molar-refractivity contribution in [3.8, 4) is 0 Å². The summed E-state index contributed by atoms with van der Waals surface area (Å²) in [6.45, 7) is 3.23. The molecule has 3 aromatic rings. The summed E-state index contributed by atoms with van der Waals surface area (Å²) in [6, 6.07) is 24.9. The fraction of sp³-hybridized carbons (Fsp3) is 0.200. The third-order valence-electron chi connectivity index (χ3n) is 5.37. The van der Waals surface area contributed by atoms with Crippen molar-refractivity contribution in [3.05, 3.63) is 102 Å². The Kier molecular flexibility index (Phi) is 6.92. The Bertz CT molecular complexity index is 972. The SMILES string of the molecule is O=C(C=Cc1ccco1)NC(=S)N1CCN(C(c2ccccc2)c2ccccc2)CC1. The Balaban J connectivity index is 1.37. The lowest BCUT2D eigenvalue weighted by Crippen LogP contribution is -2.53. The van der Waals surface area contributed by atoms with Crippen molar-refractivity contribution in [2.45, 2.75) is 6.04 Å². The minimum atomic E-state index is -0.254. The van der Waals surface area contributed by atoms with E-state index in [1.165, 1.54) is 17.2 Å². The number of nitrogens with zero attached hydrogens (tertiary/aromatic N) is 2. The molecule has 1 aliphatic heterocycles. The second-order valence-electron chi connectivity index (χ2n) is 7.39. The van der Waals surface area contributed by atoms with Crippen LogP contribution in [0, 0.1) is 0 Å². The zero-order chi connectivity index (χ0) is 21.5. The Hall–Kier alpha value is -3.22. The molecule has 1 saturated heterocycles. The van der Waals surface area contributed by atoms with Gasteiger partial charge >= 0.3 is 0 Å². The lowest BCUT2D eigenvalue weighted by molar-refractivity contribution is -0.115. The van der Waals surface area contributed by atoms with Gasteiger partial charge in [0.2, 0.25) is 5.91 Å². The van der Waals surface area contributed by atoms with Gasteiger partial charge in [0.15, 0.2) is 5.11 Å². The molecule has 1 aromatic heterocycles. The molecule has 6 heteroatoms. The van der Waals surface area contributed by atoms with E-state index in [0.717, 1.165) is 26.2 Å². The van der Waals surface area contributed by atoms with E-state index in [1.54, 1.807) is 24.5 Å². The van der Waals surface area contributed by atoms with Gasteiger partial charge in [-0.15, -0.1) is 0 Å². The Morgan fingerprint density at radius 3 is 2.06 bits per heavy atom. The standard InChI is InChI=1S/C25H25N3O2S/c29-23(14-13-22-12-7-19-30-22)26-25(31)28-17-15-27(16-18-28)24(20-8-3-1-4-9-20)21-10-5-2-6-11-21/h1-14,19,24H,15-18H2,(H,26,29,31). The molecule has 1 fully saturated rings. The first kappa shape index (κ1) is 21.0. The molecule has 0 bridgehead atoms. The van der Waals surface area contributed by atoms with Crippen molar-refractivity contribution in [1.82, 2.24) is 15.1 Å². The van der Waals surface area contributed by atoms with E-state index in [1.807, 2.05) is 12.1 Å². The van der Waals surface area contributed by atoms with Crippen LogP contribution in [-0.2, 0) is 4.79 Å². The molecule has 1 N–H and O–H groups in total. The largest absolute Gasteiger partial charge is 0.465 e. The highest BCUT2D eigenvalue weighted by molar-refractivity contribution is 7.80. The summed E-state index contributed by atoms with van der Waals surface area (Å²) in [6.07, 6.45) is 4.63. The molecular weight excluding hydrogens is 406 g/mol. The van der Waals surface area contributed by atoms with Crippen molar-refractivity contribution >= 4 is 29.3 Å². The molecule has 0 atom stereocenters. The fourth-order valence-electron chi connectivity index (χ4n) is 3.84. The van der Waals surface area contributed by atoms with Crippen molar-refractivity contribution < 1.29 is 9.21 Å². The summed E-state index contributed by atoms with van der Waals surface area (Å²) in [5, 5.41) is 3.25. The van der Waals surface area contributed by atoms with Crippen molar-refractivity contribution in [2.75, 3.05) is 26.2 Å². The first-order valence-corrected chi connectivity index (χ1v) is 10.8. The lowest BCUT2D eigenvalue weighted by Gasteiger charge is -2.40. The summed E-state index contributed by atoms with van der Waals surface area (Å²) in [5.74, 6) is 0.373. The van der Waals surface area contributed by atoms with E-state index < -0.39 is 0 Å². The van der Waals surface area contributed by atoms with Gasteiger partial charge in [0.25, 0.3) is 0 Å². The Labute approximate surface area is 188 Å². The number of hydrogen-bond donors (Lipinski definition) is 1. The zero-order valence-corrected chi connectivity index (χ0v) is 18.0. The average molecular weight is 432 g/mol. The predicted molar refractivity (Wildman–Crippen MR) is 126 cm³/mol. The maximum absolute atomic E-state index is 12.2. The smallest absolute Gasteiger partial charge is 0.250 e. The minimum Gasteiger partial charge on any atom is -0.465 e. The Morgan fingerprint density at radius 2 is 1.52 bits per heavy atom. The number of piperazine rings is 1.